The van der Waals surface area contributed by atoms with Crippen molar-refractivity contribution in [2.75, 3.05) is 6.54 Å². The maximum absolute atomic E-state index is 11.9. The summed E-state index contributed by atoms with van der Waals surface area (Å²) in [6, 6.07) is 4.57. The van der Waals surface area contributed by atoms with Gasteiger partial charge in [0.05, 0.1) is 12.5 Å². The molecule has 2 rings (SSSR count). The number of carbonyl (C=O) groups excluding carboxylic acids is 1. The van der Waals surface area contributed by atoms with E-state index in [1.165, 1.54) is 0 Å². The van der Waals surface area contributed by atoms with Crippen LogP contribution in [0.4, 0.5) is 4.79 Å². The monoisotopic (exact) mass is 330 g/mol. The number of rotatable bonds is 6. The van der Waals surface area contributed by atoms with Crippen LogP contribution in [0.2, 0.25) is 10.0 Å². The van der Waals surface area contributed by atoms with Gasteiger partial charge in [-0.2, -0.15) is 0 Å². The highest BCUT2D eigenvalue weighted by Crippen LogP contribution is 2.45. The van der Waals surface area contributed by atoms with Crippen LogP contribution in [0.15, 0.2) is 18.2 Å². The Kier molecular flexibility index (Phi) is 5.31. The predicted molar refractivity (Wildman–Crippen MR) is 80.7 cm³/mol. The second-order valence-corrected chi connectivity index (χ2v) is 5.81. The van der Waals surface area contributed by atoms with Gasteiger partial charge in [-0.3, -0.25) is 4.79 Å². The normalized spacial score (nSPS) is 15.3. The molecule has 2 amide bonds. The van der Waals surface area contributed by atoms with Crippen molar-refractivity contribution >= 4 is 35.2 Å². The van der Waals surface area contributed by atoms with E-state index in [4.69, 9.17) is 28.3 Å². The second kappa shape index (κ2) is 7.00. The Bertz CT molecular complexity index is 527. The van der Waals surface area contributed by atoms with Crippen LogP contribution in [-0.4, -0.2) is 23.7 Å². The zero-order valence-electron chi connectivity index (χ0n) is 11.2. The molecule has 7 heteroatoms. The molecule has 0 aromatic heterocycles. The molecule has 1 fully saturated rings. The zero-order chi connectivity index (χ0) is 15.4. The van der Waals surface area contributed by atoms with Crippen molar-refractivity contribution in [3.8, 4) is 0 Å². The number of urea groups is 1. The van der Waals surface area contributed by atoms with Gasteiger partial charge in [0, 0.05) is 22.2 Å². The molecule has 0 aliphatic heterocycles. The van der Waals surface area contributed by atoms with Gasteiger partial charge in [-0.1, -0.05) is 29.3 Å². The number of amides is 2. The molecule has 3 N–H and O–H groups in total. The van der Waals surface area contributed by atoms with Crippen LogP contribution in [0.25, 0.3) is 0 Å². The molecule has 21 heavy (non-hydrogen) atoms. The third kappa shape index (κ3) is 4.51. The topological polar surface area (TPSA) is 78.4 Å². The fraction of sp³-hybridized carbons (Fsp3) is 0.429. The first-order chi connectivity index (χ1) is 9.99. The van der Waals surface area contributed by atoms with Crippen LogP contribution in [0.3, 0.4) is 0 Å². The Morgan fingerprint density at radius 2 is 1.90 bits per heavy atom. The van der Waals surface area contributed by atoms with E-state index in [-0.39, 0.29) is 19.0 Å². The number of nitrogens with one attached hydrogen (secondary N) is 2. The summed E-state index contributed by atoms with van der Waals surface area (Å²) in [7, 11) is 0. The lowest BCUT2D eigenvalue weighted by Gasteiger charge is -2.21. The largest absolute Gasteiger partial charge is 0.481 e. The third-order valence-electron chi connectivity index (χ3n) is 3.32. The van der Waals surface area contributed by atoms with Crippen LogP contribution < -0.4 is 10.6 Å². The third-order valence-corrected chi connectivity index (χ3v) is 3.97. The zero-order valence-corrected chi connectivity index (χ0v) is 12.7. The quantitative estimate of drug-likeness (QED) is 0.749. The lowest BCUT2D eigenvalue weighted by atomic mass is 10.0. The van der Waals surface area contributed by atoms with Gasteiger partial charge in [-0.05, 0) is 30.9 Å². The molecule has 0 radical (unpaired) electrons. The maximum Gasteiger partial charge on any atom is 0.315 e. The van der Waals surface area contributed by atoms with E-state index in [9.17, 15) is 9.59 Å². The highest BCUT2D eigenvalue weighted by Gasteiger charge is 2.35. The molecule has 1 aliphatic carbocycles. The maximum atomic E-state index is 11.9. The fourth-order valence-corrected chi connectivity index (χ4v) is 2.77. The number of carboxylic acids is 1. The number of carboxylic acid groups (broad SMARTS) is 1. The first kappa shape index (κ1) is 15.9. The van der Waals surface area contributed by atoms with Crippen molar-refractivity contribution in [3.05, 3.63) is 33.8 Å². The van der Waals surface area contributed by atoms with Crippen LogP contribution >= 0.6 is 23.2 Å². The minimum absolute atomic E-state index is 0.0782. The Labute approximate surface area is 132 Å². The SMILES string of the molecule is O=C(O)CCNC(=O)NC(c1c(Cl)cccc1Cl)C1CC1. The molecule has 1 atom stereocenters. The van der Waals surface area contributed by atoms with Crippen LogP contribution in [-0.2, 0) is 4.79 Å². The van der Waals surface area contributed by atoms with Crippen molar-refractivity contribution < 1.29 is 14.7 Å². The second-order valence-electron chi connectivity index (χ2n) is 4.99. The number of hydrogen-bond acceptors (Lipinski definition) is 2. The molecule has 0 heterocycles. The number of benzene rings is 1. The van der Waals surface area contributed by atoms with Crippen molar-refractivity contribution in [1.82, 2.24) is 10.6 Å². The Balaban J connectivity index is 2.03. The average Bonchev–Trinajstić information content (AvgIpc) is 3.21. The minimum atomic E-state index is -0.955. The summed E-state index contributed by atoms with van der Waals surface area (Å²) >= 11 is 12.4. The minimum Gasteiger partial charge on any atom is -0.481 e. The molecule has 0 spiro atoms. The molecular formula is C14H16Cl2N2O3. The summed E-state index contributed by atoms with van der Waals surface area (Å²) in [6.07, 6.45) is 1.89. The van der Waals surface area contributed by atoms with Gasteiger partial charge in [-0.25, -0.2) is 4.79 Å². The van der Waals surface area contributed by atoms with Gasteiger partial charge >= 0.3 is 12.0 Å². The predicted octanol–water partition coefficient (Wildman–Crippen LogP) is 3.22. The van der Waals surface area contributed by atoms with Crippen molar-refractivity contribution in [3.63, 3.8) is 0 Å². The van der Waals surface area contributed by atoms with E-state index in [0.717, 1.165) is 18.4 Å². The van der Waals surface area contributed by atoms with Crippen LogP contribution in [0.5, 0.6) is 0 Å². The molecule has 0 bridgehead atoms. The summed E-state index contributed by atoms with van der Waals surface area (Å²) in [5.41, 5.74) is 0.719. The fourth-order valence-electron chi connectivity index (χ4n) is 2.14. The highest BCUT2D eigenvalue weighted by atomic mass is 35.5. The summed E-state index contributed by atoms with van der Waals surface area (Å²) in [5.74, 6) is -0.643. The van der Waals surface area contributed by atoms with Crippen molar-refractivity contribution in [2.24, 2.45) is 5.92 Å². The number of aliphatic carboxylic acids is 1. The molecule has 114 valence electrons. The summed E-state index contributed by atoms with van der Waals surface area (Å²) in [6.45, 7) is 0.0782. The van der Waals surface area contributed by atoms with E-state index < -0.39 is 12.0 Å². The molecular weight excluding hydrogens is 315 g/mol. The van der Waals surface area contributed by atoms with E-state index >= 15 is 0 Å². The average molecular weight is 331 g/mol. The van der Waals surface area contributed by atoms with E-state index in [0.29, 0.717) is 16.0 Å². The standard InChI is InChI=1S/C14H16Cl2N2O3/c15-9-2-1-3-10(16)12(9)13(8-4-5-8)18-14(21)17-7-6-11(19)20/h1-3,8,13H,4-7H2,(H,19,20)(H2,17,18,21). The Hall–Kier alpha value is -1.46. The van der Waals surface area contributed by atoms with Crippen molar-refractivity contribution in [1.29, 1.82) is 0 Å². The number of carbonyl (C=O) groups is 2. The summed E-state index contributed by atoms with van der Waals surface area (Å²) < 4.78 is 0. The van der Waals surface area contributed by atoms with E-state index in [2.05, 4.69) is 10.6 Å². The van der Waals surface area contributed by atoms with Gasteiger partial charge < -0.3 is 15.7 Å². The van der Waals surface area contributed by atoms with Crippen molar-refractivity contribution in [2.45, 2.75) is 25.3 Å². The number of hydrogen-bond donors (Lipinski definition) is 3. The van der Waals surface area contributed by atoms with Gasteiger partial charge in [0.25, 0.3) is 0 Å². The Morgan fingerprint density at radius 1 is 1.29 bits per heavy atom. The van der Waals surface area contributed by atoms with Gasteiger partial charge in [0.15, 0.2) is 0 Å². The van der Waals surface area contributed by atoms with Gasteiger partial charge in [-0.15, -0.1) is 0 Å². The van der Waals surface area contributed by atoms with Crippen LogP contribution in [0.1, 0.15) is 30.9 Å². The Morgan fingerprint density at radius 3 is 2.43 bits per heavy atom. The van der Waals surface area contributed by atoms with E-state index in [1.807, 2.05) is 0 Å². The molecule has 5 nitrogen and oxygen atoms in total. The molecule has 1 unspecified atom stereocenters. The van der Waals surface area contributed by atoms with Gasteiger partial charge in [0.1, 0.15) is 0 Å². The molecule has 1 aromatic rings. The molecule has 1 aliphatic rings. The highest BCUT2D eigenvalue weighted by molar-refractivity contribution is 6.36. The summed E-state index contributed by atoms with van der Waals surface area (Å²) in [4.78, 5) is 22.3. The van der Waals surface area contributed by atoms with Gasteiger partial charge in [0.2, 0.25) is 0 Å². The smallest absolute Gasteiger partial charge is 0.315 e. The molecule has 0 saturated heterocycles. The first-order valence-corrected chi connectivity index (χ1v) is 7.44. The molecule has 1 saturated carbocycles. The van der Waals surface area contributed by atoms with Crippen LogP contribution in [0, 0.1) is 5.92 Å². The van der Waals surface area contributed by atoms with E-state index in [1.54, 1.807) is 18.2 Å². The number of halogens is 2. The summed E-state index contributed by atoms with van der Waals surface area (Å²) in [5, 5.41) is 14.9. The lowest BCUT2D eigenvalue weighted by molar-refractivity contribution is -0.136. The molecule has 1 aromatic carbocycles. The lowest BCUT2D eigenvalue weighted by Crippen LogP contribution is -2.39. The first-order valence-electron chi connectivity index (χ1n) is 6.69.